The second-order valence-corrected chi connectivity index (χ2v) is 6.96. The van der Waals surface area contributed by atoms with E-state index in [0.717, 1.165) is 43.9 Å². The number of nitrogens with zero attached hydrogens (tertiary/aromatic N) is 4. The molecule has 1 amide bonds. The molecule has 0 aromatic carbocycles. The summed E-state index contributed by atoms with van der Waals surface area (Å²) < 4.78 is 0. The van der Waals surface area contributed by atoms with Gasteiger partial charge in [0.05, 0.1) is 17.4 Å². The van der Waals surface area contributed by atoms with Crippen LogP contribution in [0.15, 0.2) is 29.2 Å². The van der Waals surface area contributed by atoms with Crippen molar-refractivity contribution in [3.8, 4) is 0 Å². The third-order valence-electron chi connectivity index (χ3n) is 4.24. The van der Waals surface area contributed by atoms with Crippen LogP contribution in [-0.4, -0.2) is 54.0 Å². The largest absolute Gasteiger partial charge is 0.381 e. The smallest absolute Gasteiger partial charge is 0.273 e. The van der Waals surface area contributed by atoms with E-state index >= 15 is 0 Å². The summed E-state index contributed by atoms with van der Waals surface area (Å²) in [6, 6.07) is 4.44. The third-order valence-corrected chi connectivity index (χ3v) is 4.83. The molecule has 0 saturated carbocycles. The van der Waals surface area contributed by atoms with E-state index in [1.807, 2.05) is 41.5 Å². The molecule has 24 heavy (non-hydrogen) atoms. The molecule has 1 aliphatic rings. The lowest BCUT2D eigenvalue weighted by Crippen LogP contribution is -2.32. The maximum atomic E-state index is 12.4. The summed E-state index contributed by atoms with van der Waals surface area (Å²) in [5.74, 6) is 0.996. The molecule has 128 valence electrons. The molecule has 6 nitrogen and oxygen atoms in total. The van der Waals surface area contributed by atoms with Crippen LogP contribution in [0, 0.1) is 0 Å². The highest BCUT2D eigenvalue weighted by atomic mass is 32.1. The number of carbonyl (C=O) groups excluding carboxylic acids is 1. The molecule has 0 spiro atoms. The first-order valence-corrected chi connectivity index (χ1v) is 9.15. The first-order valence-electron chi connectivity index (χ1n) is 8.21. The highest BCUT2D eigenvalue weighted by molar-refractivity contribution is 7.07. The number of hydrogen-bond acceptors (Lipinski definition) is 6. The van der Waals surface area contributed by atoms with Gasteiger partial charge in [0.2, 0.25) is 0 Å². The van der Waals surface area contributed by atoms with Gasteiger partial charge in [-0.3, -0.25) is 4.79 Å². The molecule has 0 bridgehead atoms. The summed E-state index contributed by atoms with van der Waals surface area (Å²) in [4.78, 5) is 24.9. The number of thiazole rings is 1. The third kappa shape index (κ3) is 4.03. The van der Waals surface area contributed by atoms with Crippen LogP contribution in [0.3, 0.4) is 0 Å². The minimum atomic E-state index is 0.0499. The standard InChI is InChI=1S/C17H23N5OS/c1-21(2)16-6-5-14(10-18-16)20-13-4-3-8-22(9-7-13)17(23)15-11-24-12-19-15/h5-6,10-13,20H,3-4,7-9H2,1-2H3/t13-/m0/s1. The molecule has 7 heteroatoms. The lowest BCUT2D eigenvalue weighted by atomic mass is 10.1. The molecule has 0 aliphatic carbocycles. The van der Waals surface area contributed by atoms with E-state index in [-0.39, 0.29) is 5.91 Å². The molecular weight excluding hydrogens is 322 g/mol. The van der Waals surface area contributed by atoms with Crippen LogP contribution < -0.4 is 10.2 Å². The van der Waals surface area contributed by atoms with Gasteiger partial charge in [0.25, 0.3) is 5.91 Å². The monoisotopic (exact) mass is 345 g/mol. The van der Waals surface area contributed by atoms with Crippen molar-refractivity contribution >= 4 is 28.7 Å². The van der Waals surface area contributed by atoms with Crippen molar-refractivity contribution in [1.29, 1.82) is 0 Å². The summed E-state index contributed by atoms with van der Waals surface area (Å²) in [5.41, 5.74) is 3.31. The topological polar surface area (TPSA) is 61.4 Å². The number of amides is 1. The summed E-state index contributed by atoms with van der Waals surface area (Å²) in [6.45, 7) is 1.56. The molecule has 3 heterocycles. The lowest BCUT2D eigenvalue weighted by molar-refractivity contribution is 0.0756. The molecule has 3 rings (SSSR count). The van der Waals surface area contributed by atoms with E-state index in [1.54, 1.807) is 5.51 Å². The molecule has 0 unspecified atom stereocenters. The average molecular weight is 345 g/mol. The lowest BCUT2D eigenvalue weighted by Gasteiger charge is -2.20. The van der Waals surface area contributed by atoms with E-state index in [0.29, 0.717) is 11.7 Å². The van der Waals surface area contributed by atoms with Gasteiger partial charge in [-0.15, -0.1) is 11.3 Å². The van der Waals surface area contributed by atoms with Gasteiger partial charge in [-0.25, -0.2) is 9.97 Å². The Balaban J connectivity index is 1.56. The minimum Gasteiger partial charge on any atom is -0.381 e. The Morgan fingerprint density at radius 2 is 2.17 bits per heavy atom. The Morgan fingerprint density at radius 3 is 2.83 bits per heavy atom. The number of hydrogen-bond donors (Lipinski definition) is 1. The zero-order chi connectivity index (χ0) is 16.9. The van der Waals surface area contributed by atoms with Gasteiger partial charge >= 0.3 is 0 Å². The van der Waals surface area contributed by atoms with Gasteiger partial charge in [0.15, 0.2) is 0 Å². The predicted molar refractivity (Wildman–Crippen MR) is 97.8 cm³/mol. The average Bonchev–Trinajstić information content (AvgIpc) is 3.02. The van der Waals surface area contributed by atoms with Gasteiger partial charge in [0.1, 0.15) is 11.5 Å². The van der Waals surface area contributed by atoms with E-state index in [9.17, 15) is 4.79 Å². The molecule has 2 aromatic rings. The Morgan fingerprint density at radius 1 is 1.29 bits per heavy atom. The van der Waals surface area contributed by atoms with Crippen molar-refractivity contribution in [2.45, 2.75) is 25.3 Å². The van der Waals surface area contributed by atoms with Gasteiger partial charge < -0.3 is 15.1 Å². The first kappa shape index (κ1) is 16.7. The molecule has 1 aliphatic heterocycles. The van der Waals surface area contributed by atoms with Crippen LogP contribution in [0.2, 0.25) is 0 Å². The fraction of sp³-hybridized carbons (Fsp3) is 0.471. The van der Waals surface area contributed by atoms with Crippen LogP contribution in [0.4, 0.5) is 11.5 Å². The summed E-state index contributed by atoms with van der Waals surface area (Å²) in [6.07, 6.45) is 4.86. The number of carbonyl (C=O) groups is 1. The van der Waals surface area contributed by atoms with E-state index in [1.165, 1.54) is 11.3 Å². The number of pyridine rings is 1. The van der Waals surface area contributed by atoms with Crippen molar-refractivity contribution < 1.29 is 4.79 Å². The molecule has 1 N–H and O–H groups in total. The van der Waals surface area contributed by atoms with Crippen molar-refractivity contribution in [1.82, 2.24) is 14.9 Å². The van der Waals surface area contributed by atoms with E-state index in [4.69, 9.17) is 0 Å². The maximum absolute atomic E-state index is 12.4. The molecule has 1 atom stereocenters. The van der Waals surface area contributed by atoms with Crippen LogP contribution in [-0.2, 0) is 0 Å². The number of anilines is 2. The van der Waals surface area contributed by atoms with Gasteiger partial charge in [-0.05, 0) is 31.4 Å². The van der Waals surface area contributed by atoms with Gasteiger partial charge in [-0.2, -0.15) is 0 Å². The van der Waals surface area contributed by atoms with Crippen LogP contribution in [0.25, 0.3) is 0 Å². The zero-order valence-electron chi connectivity index (χ0n) is 14.1. The van der Waals surface area contributed by atoms with Gasteiger partial charge in [-0.1, -0.05) is 0 Å². The van der Waals surface area contributed by atoms with Crippen molar-refractivity contribution in [2.24, 2.45) is 0 Å². The Bertz CT molecular complexity index is 656. The highest BCUT2D eigenvalue weighted by Crippen LogP contribution is 2.19. The van der Waals surface area contributed by atoms with Crippen molar-refractivity contribution in [3.05, 3.63) is 34.9 Å². The predicted octanol–water partition coefficient (Wildman–Crippen LogP) is 2.71. The fourth-order valence-corrected chi connectivity index (χ4v) is 3.42. The van der Waals surface area contributed by atoms with Crippen LogP contribution >= 0.6 is 11.3 Å². The number of rotatable bonds is 4. The molecule has 0 radical (unpaired) electrons. The summed E-state index contributed by atoms with van der Waals surface area (Å²) in [7, 11) is 3.96. The Kier molecular flexibility index (Phi) is 5.30. The second-order valence-electron chi connectivity index (χ2n) is 6.24. The van der Waals surface area contributed by atoms with E-state index < -0.39 is 0 Å². The second kappa shape index (κ2) is 7.61. The van der Waals surface area contributed by atoms with E-state index in [2.05, 4.69) is 21.4 Å². The molecule has 1 fully saturated rings. The van der Waals surface area contributed by atoms with Crippen LogP contribution in [0.5, 0.6) is 0 Å². The zero-order valence-corrected chi connectivity index (χ0v) is 14.9. The SMILES string of the molecule is CN(C)c1ccc(N[C@H]2CCCN(C(=O)c3cscn3)CC2)cn1. The fourth-order valence-electron chi connectivity index (χ4n) is 2.90. The minimum absolute atomic E-state index is 0.0499. The van der Waals surface area contributed by atoms with Gasteiger partial charge in [0, 0.05) is 38.6 Å². The van der Waals surface area contributed by atoms with Crippen LogP contribution in [0.1, 0.15) is 29.8 Å². The highest BCUT2D eigenvalue weighted by Gasteiger charge is 2.22. The molecule has 2 aromatic heterocycles. The number of aromatic nitrogens is 2. The number of likely N-dealkylation sites (tertiary alicyclic amines) is 1. The van der Waals surface area contributed by atoms with Crippen molar-refractivity contribution in [2.75, 3.05) is 37.4 Å². The molecule has 1 saturated heterocycles. The maximum Gasteiger partial charge on any atom is 0.273 e. The molecular formula is C17H23N5OS. The Hall–Kier alpha value is -2.15. The van der Waals surface area contributed by atoms with Crippen molar-refractivity contribution in [3.63, 3.8) is 0 Å². The first-order chi connectivity index (χ1) is 11.6. The summed E-state index contributed by atoms with van der Waals surface area (Å²) >= 11 is 1.46. The quantitative estimate of drug-likeness (QED) is 0.923. The normalized spacial score (nSPS) is 18.1. The Labute approximate surface area is 146 Å². The summed E-state index contributed by atoms with van der Waals surface area (Å²) in [5, 5.41) is 5.37. The number of nitrogens with one attached hydrogen (secondary N) is 1.